The summed E-state index contributed by atoms with van der Waals surface area (Å²) in [5, 5.41) is 3.20. The summed E-state index contributed by atoms with van der Waals surface area (Å²) in [5.41, 5.74) is 2.43. The molecule has 0 fully saturated rings. The van der Waals surface area contributed by atoms with Crippen LogP contribution in [0.2, 0.25) is 0 Å². The lowest BCUT2D eigenvalue weighted by Crippen LogP contribution is -1.94. The van der Waals surface area contributed by atoms with E-state index in [2.05, 4.69) is 21.2 Å². The van der Waals surface area contributed by atoms with Gasteiger partial charge >= 0.3 is 0 Å². The molecule has 0 aliphatic rings. The van der Waals surface area contributed by atoms with Gasteiger partial charge in [0.2, 0.25) is 0 Å². The van der Waals surface area contributed by atoms with Crippen LogP contribution in [0.4, 0.5) is 11.4 Å². The van der Waals surface area contributed by atoms with Gasteiger partial charge in [0, 0.05) is 21.4 Å². The Morgan fingerprint density at radius 3 is 2.38 bits per heavy atom. The number of carbonyl (C=O) groups excluding carboxylic acids is 1. The minimum Gasteiger partial charge on any atom is -0.355 e. The highest BCUT2D eigenvalue weighted by molar-refractivity contribution is 9.10. The van der Waals surface area contributed by atoms with Crippen molar-refractivity contribution in [3.63, 3.8) is 0 Å². The summed E-state index contributed by atoms with van der Waals surface area (Å²) in [4.78, 5) is 10.8. The van der Waals surface area contributed by atoms with Crippen LogP contribution in [0.15, 0.2) is 53.0 Å². The molecule has 0 aliphatic carbocycles. The molecule has 0 saturated heterocycles. The van der Waals surface area contributed by atoms with Crippen LogP contribution in [-0.4, -0.2) is 6.29 Å². The number of para-hydroxylation sites is 1. The molecule has 2 aromatic rings. The monoisotopic (exact) mass is 275 g/mol. The van der Waals surface area contributed by atoms with E-state index in [0.717, 1.165) is 22.1 Å². The quantitative estimate of drug-likeness (QED) is 0.858. The van der Waals surface area contributed by atoms with E-state index in [1.54, 1.807) is 6.07 Å². The maximum Gasteiger partial charge on any atom is 0.152 e. The van der Waals surface area contributed by atoms with Gasteiger partial charge in [-0.2, -0.15) is 0 Å². The highest BCUT2D eigenvalue weighted by Crippen LogP contribution is 2.21. The molecule has 80 valence electrons. The predicted molar refractivity (Wildman–Crippen MR) is 69.3 cm³/mol. The second-order valence-corrected chi connectivity index (χ2v) is 4.25. The van der Waals surface area contributed by atoms with Crippen molar-refractivity contribution in [2.45, 2.75) is 0 Å². The average molecular weight is 276 g/mol. The molecule has 0 bridgehead atoms. The molecule has 3 heteroatoms. The molecule has 0 aliphatic heterocycles. The van der Waals surface area contributed by atoms with Crippen LogP contribution in [0.5, 0.6) is 0 Å². The second kappa shape index (κ2) is 4.94. The van der Waals surface area contributed by atoms with Gasteiger partial charge in [0.05, 0.1) is 0 Å². The fraction of sp³-hybridized carbons (Fsp3) is 0. The molecular weight excluding hydrogens is 266 g/mol. The van der Waals surface area contributed by atoms with Crippen molar-refractivity contribution in [1.82, 2.24) is 0 Å². The molecule has 0 unspecified atom stereocenters. The fourth-order valence-electron chi connectivity index (χ4n) is 1.40. The van der Waals surface area contributed by atoms with E-state index >= 15 is 0 Å². The van der Waals surface area contributed by atoms with E-state index in [1.807, 2.05) is 42.5 Å². The summed E-state index contributed by atoms with van der Waals surface area (Å²) in [6, 6.07) is 15.2. The first-order valence-electron chi connectivity index (χ1n) is 4.86. The Balaban J connectivity index is 2.26. The average Bonchev–Trinajstić information content (AvgIpc) is 2.33. The number of hydrogen-bond donors (Lipinski definition) is 1. The molecule has 0 radical (unpaired) electrons. The zero-order valence-corrected chi connectivity index (χ0v) is 10.1. The van der Waals surface area contributed by atoms with Gasteiger partial charge in [-0.3, -0.25) is 4.79 Å². The highest BCUT2D eigenvalue weighted by Gasteiger charge is 2.00. The third-order valence-corrected chi connectivity index (χ3v) is 2.74. The fourth-order valence-corrected chi connectivity index (χ4v) is 1.67. The van der Waals surface area contributed by atoms with E-state index in [-0.39, 0.29) is 0 Å². The highest BCUT2D eigenvalue weighted by atomic mass is 79.9. The smallest absolute Gasteiger partial charge is 0.152 e. The number of hydrogen-bond acceptors (Lipinski definition) is 2. The molecular formula is C13H10BrNO. The summed E-state index contributed by atoms with van der Waals surface area (Å²) in [6.45, 7) is 0. The molecule has 0 saturated carbocycles. The van der Waals surface area contributed by atoms with Gasteiger partial charge in [-0.1, -0.05) is 28.1 Å². The number of carbonyl (C=O) groups is 1. The first-order chi connectivity index (χ1) is 7.79. The van der Waals surface area contributed by atoms with Crippen LogP contribution in [0.1, 0.15) is 10.4 Å². The number of halogens is 1. The van der Waals surface area contributed by atoms with Crippen molar-refractivity contribution < 1.29 is 4.79 Å². The van der Waals surface area contributed by atoms with Crippen molar-refractivity contribution in [2.24, 2.45) is 0 Å². The van der Waals surface area contributed by atoms with Gasteiger partial charge in [-0.05, 0) is 36.4 Å². The minimum atomic E-state index is 0.658. The third kappa shape index (κ3) is 2.49. The Bertz CT molecular complexity index is 494. The molecule has 2 nitrogen and oxygen atoms in total. The van der Waals surface area contributed by atoms with Crippen LogP contribution in [0.25, 0.3) is 0 Å². The molecule has 2 aromatic carbocycles. The largest absolute Gasteiger partial charge is 0.355 e. The topological polar surface area (TPSA) is 29.1 Å². The van der Waals surface area contributed by atoms with Crippen molar-refractivity contribution in [1.29, 1.82) is 0 Å². The number of nitrogens with one attached hydrogen (secondary N) is 1. The SMILES string of the molecule is O=Cc1ccccc1Nc1ccc(Br)cc1. The van der Waals surface area contributed by atoms with Crippen LogP contribution >= 0.6 is 15.9 Å². The van der Waals surface area contributed by atoms with E-state index in [9.17, 15) is 4.79 Å². The number of benzene rings is 2. The maximum absolute atomic E-state index is 10.8. The summed E-state index contributed by atoms with van der Waals surface area (Å²) in [5.74, 6) is 0. The van der Waals surface area contributed by atoms with Gasteiger partial charge in [0.15, 0.2) is 6.29 Å². The molecule has 0 heterocycles. The normalized spacial score (nSPS) is 9.81. The number of aldehydes is 1. The van der Waals surface area contributed by atoms with Gasteiger partial charge < -0.3 is 5.32 Å². The zero-order chi connectivity index (χ0) is 11.4. The molecule has 2 rings (SSSR count). The van der Waals surface area contributed by atoms with Crippen LogP contribution in [0, 0.1) is 0 Å². The Morgan fingerprint density at radius 1 is 1.00 bits per heavy atom. The van der Waals surface area contributed by atoms with Gasteiger partial charge in [0.25, 0.3) is 0 Å². The minimum absolute atomic E-state index is 0.658. The van der Waals surface area contributed by atoms with Crippen LogP contribution in [-0.2, 0) is 0 Å². The Kier molecular flexibility index (Phi) is 3.37. The summed E-state index contributed by atoms with van der Waals surface area (Å²) >= 11 is 3.38. The Hall–Kier alpha value is -1.61. The third-order valence-electron chi connectivity index (χ3n) is 2.21. The number of anilines is 2. The van der Waals surface area contributed by atoms with Gasteiger partial charge in [-0.25, -0.2) is 0 Å². The molecule has 0 atom stereocenters. The van der Waals surface area contributed by atoms with E-state index < -0.39 is 0 Å². The Labute approximate surface area is 102 Å². The standard InChI is InChI=1S/C13H10BrNO/c14-11-5-7-12(8-6-11)15-13-4-2-1-3-10(13)9-16/h1-9,15H. The van der Waals surface area contributed by atoms with Crippen LogP contribution < -0.4 is 5.32 Å². The lowest BCUT2D eigenvalue weighted by Gasteiger charge is -2.08. The molecule has 0 amide bonds. The second-order valence-electron chi connectivity index (χ2n) is 3.34. The molecule has 16 heavy (non-hydrogen) atoms. The summed E-state index contributed by atoms with van der Waals surface area (Å²) in [7, 11) is 0. The van der Waals surface area contributed by atoms with E-state index in [1.165, 1.54) is 0 Å². The summed E-state index contributed by atoms with van der Waals surface area (Å²) in [6.07, 6.45) is 0.848. The van der Waals surface area contributed by atoms with Crippen molar-refractivity contribution >= 4 is 33.6 Å². The first-order valence-corrected chi connectivity index (χ1v) is 5.66. The van der Waals surface area contributed by atoms with Crippen LogP contribution in [0.3, 0.4) is 0 Å². The number of rotatable bonds is 3. The first kappa shape index (κ1) is 10.9. The molecule has 0 aromatic heterocycles. The van der Waals surface area contributed by atoms with Crippen molar-refractivity contribution in [3.8, 4) is 0 Å². The van der Waals surface area contributed by atoms with E-state index in [4.69, 9.17) is 0 Å². The molecule has 1 N–H and O–H groups in total. The lowest BCUT2D eigenvalue weighted by atomic mass is 10.2. The molecule has 0 spiro atoms. The van der Waals surface area contributed by atoms with Gasteiger partial charge in [0.1, 0.15) is 0 Å². The Morgan fingerprint density at radius 2 is 1.69 bits per heavy atom. The maximum atomic E-state index is 10.8. The lowest BCUT2D eigenvalue weighted by molar-refractivity contribution is 0.112. The van der Waals surface area contributed by atoms with Gasteiger partial charge in [-0.15, -0.1) is 0 Å². The summed E-state index contributed by atoms with van der Waals surface area (Å²) < 4.78 is 1.03. The predicted octanol–water partition coefficient (Wildman–Crippen LogP) is 4.01. The van der Waals surface area contributed by atoms with Crippen molar-refractivity contribution in [2.75, 3.05) is 5.32 Å². The van der Waals surface area contributed by atoms with E-state index in [0.29, 0.717) is 5.56 Å². The van der Waals surface area contributed by atoms with Crippen molar-refractivity contribution in [3.05, 3.63) is 58.6 Å². The zero-order valence-electron chi connectivity index (χ0n) is 8.48.